The van der Waals surface area contributed by atoms with Gasteiger partial charge in [0.2, 0.25) is 11.8 Å². The zero-order valence-corrected chi connectivity index (χ0v) is 16.4. The maximum Gasteiger partial charge on any atom is 0.226 e. The molecule has 0 saturated heterocycles. The number of benzene rings is 2. The molecule has 0 unspecified atom stereocenters. The zero-order valence-electron chi connectivity index (χ0n) is 15.6. The van der Waals surface area contributed by atoms with Crippen LogP contribution in [-0.4, -0.2) is 37.5 Å². The number of ether oxygens (including phenoxy) is 2. The van der Waals surface area contributed by atoms with Crippen molar-refractivity contribution >= 4 is 29.1 Å². The maximum absolute atomic E-state index is 12.2. The molecule has 0 aliphatic rings. The fourth-order valence-electron chi connectivity index (χ4n) is 2.50. The molecular weight excluding hydrogens is 368 g/mol. The van der Waals surface area contributed by atoms with Crippen LogP contribution in [0.25, 0.3) is 0 Å². The summed E-state index contributed by atoms with van der Waals surface area (Å²) in [6.07, 6.45) is 0.180. The molecule has 0 aromatic heterocycles. The Hall–Kier alpha value is -2.73. The van der Waals surface area contributed by atoms with Crippen LogP contribution in [0.2, 0.25) is 5.02 Å². The fraction of sp³-hybridized carbons (Fsp3) is 0.300. The minimum atomic E-state index is -0.197. The molecule has 0 aliphatic carbocycles. The smallest absolute Gasteiger partial charge is 0.226 e. The Kier molecular flexibility index (Phi) is 7.49. The van der Waals surface area contributed by atoms with E-state index in [1.165, 1.54) is 14.0 Å². The minimum absolute atomic E-state index is 0.0916. The zero-order chi connectivity index (χ0) is 19.8. The first-order chi connectivity index (χ1) is 12.9. The molecule has 2 aromatic carbocycles. The molecule has 1 N–H and O–H groups in total. The lowest BCUT2D eigenvalue weighted by molar-refractivity contribution is -0.129. The summed E-state index contributed by atoms with van der Waals surface area (Å²) >= 11 is 6.06. The van der Waals surface area contributed by atoms with Crippen LogP contribution in [-0.2, 0) is 16.1 Å². The number of methoxy groups -OCH3 is 2. The number of nitrogens with one attached hydrogen (secondary N) is 1. The Bertz CT molecular complexity index is 793. The van der Waals surface area contributed by atoms with Crippen molar-refractivity contribution in [1.82, 2.24) is 4.90 Å². The van der Waals surface area contributed by atoms with Crippen molar-refractivity contribution < 1.29 is 19.1 Å². The highest BCUT2D eigenvalue weighted by Crippen LogP contribution is 2.27. The second-order valence-electron chi connectivity index (χ2n) is 5.94. The Balaban J connectivity index is 1.91. The van der Waals surface area contributed by atoms with Crippen molar-refractivity contribution in [3.05, 3.63) is 53.1 Å². The van der Waals surface area contributed by atoms with E-state index < -0.39 is 0 Å². The van der Waals surface area contributed by atoms with Crippen LogP contribution >= 0.6 is 11.6 Å². The first kappa shape index (κ1) is 20.6. The van der Waals surface area contributed by atoms with Crippen LogP contribution in [0.5, 0.6) is 11.5 Å². The van der Waals surface area contributed by atoms with Crippen LogP contribution in [0.15, 0.2) is 42.5 Å². The number of halogens is 1. The Morgan fingerprint density at radius 1 is 1.07 bits per heavy atom. The Labute approximate surface area is 164 Å². The van der Waals surface area contributed by atoms with Crippen LogP contribution in [0, 0.1) is 0 Å². The van der Waals surface area contributed by atoms with Gasteiger partial charge >= 0.3 is 0 Å². The highest BCUT2D eigenvalue weighted by molar-refractivity contribution is 6.32. The largest absolute Gasteiger partial charge is 0.497 e. The third-order valence-corrected chi connectivity index (χ3v) is 4.32. The number of carbonyl (C=O) groups is 2. The van der Waals surface area contributed by atoms with Gasteiger partial charge < -0.3 is 19.7 Å². The molecule has 6 nitrogen and oxygen atoms in total. The minimum Gasteiger partial charge on any atom is -0.497 e. The van der Waals surface area contributed by atoms with Gasteiger partial charge in [0.1, 0.15) is 11.5 Å². The summed E-state index contributed by atoms with van der Waals surface area (Å²) < 4.78 is 10.2. The summed E-state index contributed by atoms with van der Waals surface area (Å²) in [6.45, 7) is 2.24. The third-order valence-electron chi connectivity index (χ3n) is 4.02. The monoisotopic (exact) mass is 390 g/mol. The normalized spacial score (nSPS) is 10.2. The van der Waals surface area contributed by atoms with E-state index >= 15 is 0 Å². The molecule has 0 radical (unpaired) electrons. The van der Waals surface area contributed by atoms with Gasteiger partial charge in [-0.3, -0.25) is 9.59 Å². The van der Waals surface area contributed by atoms with Gasteiger partial charge in [0.15, 0.2) is 0 Å². The van der Waals surface area contributed by atoms with Gasteiger partial charge in [0.25, 0.3) is 0 Å². The molecule has 27 heavy (non-hydrogen) atoms. The predicted octanol–water partition coefficient (Wildman–Crippen LogP) is 3.73. The molecule has 0 fully saturated rings. The van der Waals surface area contributed by atoms with Gasteiger partial charge in [-0.2, -0.15) is 0 Å². The van der Waals surface area contributed by atoms with Gasteiger partial charge in [-0.25, -0.2) is 0 Å². The summed E-state index contributed by atoms with van der Waals surface area (Å²) in [4.78, 5) is 25.7. The standard InChI is InChI=1S/C20H23ClN2O4/c1-14(24)23(13-15-4-7-17(26-2)8-5-15)11-10-20(25)22-16-6-9-19(27-3)18(21)12-16/h4-9,12H,10-11,13H2,1-3H3,(H,22,25). The molecule has 0 bridgehead atoms. The average molecular weight is 391 g/mol. The van der Waals surface area contributed by atoms with E-state index in [4.69, 9.17) is 21.1 Å². The van der Waals surface area contributed by atoms with E-state index in [9.17, 15) is 9.59 Å². The first-order valence-electron chi connectivity index (χ1n) is 8.44. The first-order valence-corrected chi connectivity index (χ1v) is 8.82. The second kappa shape index (κ2) is 9.83. The predicted molar refractivity (Wildman–Crippen MR) is 105 cm³/mol. The number of hydrogen-bond acceptors (Lipinski definition) is 4. The number of nitrogens with zero attached hydrogens (tertiary/aromatic N) is 1. The molecule has 144 valence electrons. The molecule has 2 rings (SSSR count). The molecule has 0 heterocycles. The number of anilines is 1. The number of rotatable bonds is 8. The average Bonchev–Trinajstić information content (AvgIpc) is 2.65. The molecule has 0 aliphatic heterocycles. The van der Waals surface area contributed by atoms with Gasteiger partial charge in [0.05, 0.1) is 19.2 Å². The van der Waals surface area contributed by atoms with E-state index in [2.05, 4.69) is 5.32 Å². The third kappa shape index (κ3) is 6.18. The van der Waals surface area contributed by atoms with E-state index in [1.807, 2.05) is 24.3 Å². The second-order valence-corrected chi connectivity index (χ2v) is 6.34. The van der Waals surface area contributed by atoms with Crippen LogP contribution in [0.3, 0.4) is 0 Å². The number of hydrogen-bond donors (Lipinski definition) is 1. The molecule has 0 atom stereocenters. The summed E-state index contributed by atoms with van der Waals surface area (Å²) in [5.74, 6) is 1.01. The van der Waals surface area contributed by atoms with Crippen molar-refractivity contribution in [2.24, 2.45) is 0 Å². The van der Waals surface area contributed by atoms with Crippen molar-refractivity contribution in [1.29, 1.82) is 0 Å². The fourth-order valence-corrected chi connectivity index (χ4v) is 2.76. The topological polar surface area (TPSA) is 67.9 Å². The lowest BCUT2D eigenvalue weighted by Gasteiger charge is -2.21. The summed E-state index contributed by atoms with van der Waals surface area (Å²) in [5.41, 5.74) is 1.55. The van der Waals surface area contributed by atoms with E-state index in [0.29, 0.717) is 29.5 Å². The Morgan fingerprint density at radius 2 is 1.78 bits per heavy atom. The maximum atomic E-state index is 12.2. The molecule has 0 spiro atoms. The summed E-state index contributed by atoms with van der Waals surface area (Å²) in [6, 6.07) is 12.5. The van der Waals surface area contributed by atoms with Gasteiger partial charge in [-0.05, 0) is 35.9 Å². The summed E-state index contributed by atoms with van der Waals surface area (Å²) in [5, 5.41) is 3.19. The summed E-state index contributed by atoms with van der Waals surface area (Å²) in [7, 11) is 3.13. The highest BCUT2D eigenvalue weighted by Gasteiger charge is 2.13. The van der Waals surface area contributed by atoms with Crippen LogP contribution in [0.1, 0.15) is 18.9 Å². The molecule has 0 saturated carbocycles. The van der Waals surface area contributed by atoms with E-state index in [1.54, 1.807) is 30.2 Å². The van der Waals surface area contributed by atoms with Gasteiger partial charge in [-0.15, -0.1) is 0 Å². The van der Waals surface area contributed by atoms with E-state index in [-0.39, 0.29) is 18.2 Å². The SMILES string of the molecule is COc1ccc(CN(CCC(=O)Nc2ccc(OC)c(Cl)c2)C(C)=O)cc1. The lowest BCUT2D eigenvalue weighted by Crippen LogP contribution is -2.31. The van der Waals surface area contributed by atoms with Gasteiger partial charge in [-0.1, -0.05) is 23.7 Å². The molecule has 7 heteroatoms. The molecule has 2 aromatic rings. The molecular formula is C20H23ClN2O4. The van der Waals surface area contributed by atoms with Gasteiger partial charge in [0, 0.05) is 32.1 Å². The van der Waals surface area contributed by atoms with Crippen molar-refractivity contribution in [3.63, 3.8) is 0 Å². The van der Waals surface area contributed by atoms with Crippen molar-refractivity contribution in [2.45, 2.75) is 19.9 Å². The van der Waals surface area contributed by atoms with Crippen LogP contribution in [0.4, 0.5) is 5.69 Å². The van der Waals surface area contributed by atoms with Crippen molar-refractivity contribution in [3.8, 4) is 11.5 Å². The van der Waals surface area contributed by atoms with E-state index in [0.717, 1.165) is 11.3 Å². The van der Waals surface area contributed by atoms with Crippen LogP contribution < -0.4 is 14.8 Å². The van der Waals surface area contributed by atoms with Crippen molar-refractivity contribution in [2.75, 3.05) is 26.1 Å². The Morgan fingerprint density at radius 3 is 2.33 bits per heavy atom. The number of carbonyl (C=O) groups excluding carboxylic acids is 2. The lowest BCUT2D eigenvalue weighted by atomic mass is 10.2. The highest BCUT2D eigenvalue weighted by atomic mass is 35.5. The number of amides is 2. The quantitative estimate of drug-likeness (QED) is 0.745. The molecule has 2 amide bonds.